The Morgan fingerprint density at radius 3 is 2.44 bits per heavy atom. The van der Waals surface area contributed by atoms with Crippen LogP contribution in [-0.4, -0.2) is 18.0 Å². The maximum atomic E-state index is 11.6. The summed E-state index contributed by atoms with van der Waals surface area (Å²) in [5.41, 5.74) is 3.59. The van der Waals surface area contributed by atoms with Gasteiger partial charge in [0.1, 0.15) is 0 Å². The normalized spacial score (nSPS) is 10.3. The van der Waals surface area contributed by atoms with Gasteiger partial charge in [-0.1, -0.05) is 13.8 Å². The van der Waals surface area contributed by atoms with Crippen molar-refractivity contribution in [1.29, 1.82) is 0 Å². The second-order valence-electron chi connectivity index (χ2n) is 3.64. The molecule has 5 nitrogen and oxygen atoms in total. The molecule has 5 heteroatoms. The molecule has 1 rings (SSSR count). The molecule has 18 heavy (non-hydrogen) atoms. The minimum absolute atomic E-state index is 0.0558. The van der Waals surface area contributed by atoms with Crippen LogP contribution in [0, 0.1) is 0 Å². The van der Waals surface area contributed by atoms with Gasteiger partial charge in [0.2, 0.25) is 5.91 Å². The van der Waals surface area contributed by atoms with E-state index in [0.29, 0.717) is 17.7 Å². The number of amides is 2. The van der Waals surface area contributed by atoms with Gasteiger partial charge in [0.25, 0.3) is 5.91 Å². The molecule has 0 fully saturated rings. The van der Waals surface area contributed by atoms with E-state index in [9.17, 15) is 9.59 Å². The molecular weight excluding hydrogens is 230 g/mol. The predicted molar refractivity (Wildman–Crippen MR) is 71.6 cm³/mol. The molecule has 0 aliphatic rings. The van der Waals surface area contributed by atoms with Crippen LogP contribution in [0.3, 0.4) is 0 Å². The number of hydrogen-bond acceptors (Lipinski definition) is 3. The maximum Gasteiger partial charge on any atom is 0.271 e. The molecule has 1 aromatic rings. The number of rotatable bonds is 5. The molecule has 0 heterocycles. The molecule has 96 valence electrons. The summed E-state index contributed by atoms with van der Waals surface area (Å²) in [7, 11) is 0. The fourth-order valence-corrected chi connectivity index (χ4v) is 1.21. The zero-order chi connectivity index (χ0) is 13.4. The lowest BCUT2D eigenvalue weighted by molar-refractivity contribution is -0.115. The van der Waals surface area contributed by atoms with Crippen LogP contribution < -0.4 is 10.7 Å². The molecule has 0 aliphatic carbocycles. The summed E-state index contributed by atoms with van der Waals surface area (Å²) in [5.74, 6) is -0.326. The van der Waals surface area contributed by atoms with E-state index in [0.717, 1.165) is 6.42 Å². The molecule has 0 atom stereocenters. The average molecular weight is 247 g/mol. The van der Waals surface area contributed by atoms with E-state index in [1.54, 1.807) is 37.4 Å². The Hall–Kier alpha value is -2.17. The van der Waals surface area contributed by atoms with Gasteiger partial charge in [0.05, 0.1) is 0 Å². The number of nitrogens with one attached hydrogen (secondary N) is 2. The van der Waals surface area contributed by atoms with Crippen molar-refractivity contribution in [3.05, 3.63) is 29.8 Å². The van der Waals surface area contributed by atoms with Crippen molar-refractivity contribution >= 4 is 23.7 Å². The van der Waals surface area contributed by atoms with E-state index < -0.39 is 0 Å². The summed E-state index contributed by atoms with van der Waals surface area (Å²) in [4.78, 5) is 22.8. The van der Waals surface area contributed by atoms with Gasteiger partial charge in [-0.2, -0.15) is 5.10 Å². The molecule has 0 unspecified atom stereocenters. The summed E-state index contributed by atoms with van der Waals surface area (Å²) >= 11 is 0. The predicted octanol–water partition coefficient (Wildman–Crippen LogP) is 2.16. The first-order valence-electron chi connectivity index (χ1n) is 5.89. The Bertz CT molecular complexity index is 438. The third kappa shape index (κ3) is 4.37. The van der Waals surface area contributed by atoms with Gasteiger partial charge in [0, 0.05) is 23.9 Å². The van der Waals surface area contributed by atoms with Crippen LogP contribution in [0.4, 0.5) is 5.69 Å². The molecule has 0 radical (unpaired) electrons. The minimum Gasteiger partial charge on any atom is -0.326 e. The smallest absolute Gasteiger partial charge is 0.271 e. The lowest BCUT2D eigenvalue weighted by Gasteiger charge is -2.04. The van der Waals surface area contributed by atoms with E-state index in [2.05, 4.69) is 15.8 Å². The maximum absolute atomic E-state index is 11.6. The number of hydrogen-bond donors (Lipinski definition) is 2. The van der Waals surface area contributed by atoms with E-state index >= 15 is 0 Å². The number of carbonyl (C=O) groups excluding carboxylic acids is 2. The Kier molecular flexibility index (Phi) is 5.57. The van der Waals surface area contributed by atoms with E-state index in [1.807, 2.05) is 6.92 Å². The first-order chi connectivity index (χ1) is 8.67. The number of benzene rings is 1. The Balaban J connectivity index is 2.62. The first-order valence-corrected chi connectivity index (χ1v) is 5.89. The summed E-state index contributed by atoms with van der Waals surface area (Å²) < 4.78 is 0. The second kappa shape index (κ2) is 7.21. The Morgan fingerprint density at radius 1 is 1.22 bits per heavy atom. The number of hydrazone groups is 1. The molecule has 0 saturated heterocycles. The molecule has 0 spiro atoms. The quantitative estimate of drug-likeness (QED) is 0.618. The SMILES string of the molecule is CC/C=N/NC(=O)c1ccc(NC(=O)CC)cc1. The zero-order valence-electron chi connectivity index (χ0n) is 10.6. The van der Waals surface area contributed by atoms with Crippen LogP contribution in [0.5, 0.6) is 0 Å². The van der Waals surface area contributed by atoms with Gasteiger partial charge in [0.15, 0.2) is 0 Å². The van der Waals surface area contributed by atoms with Gasteiger partial charge >= 0.3 is 0 Å². The first kappa shape index (κ1) is 13.9. The largest absolute Gasteiger partial charge is 0.326 e. The highest BCUT2D eigenvalue weighted by Crippen LogP contribution is 2.09. The van der Waals surface area contributed by atoms with Crippen LogP contribution in [-0.2, 0) is 4.79 Å². The third-order valence-corrected chi connectivity index (χ3v) is 2.19. The zero-order valence-corrected chi connectivity index (χ0v) is 10.6. The standard InChI is InChI=1S/C13H17N3O2/c1-3-9-14-16-13(18)10-5-7-11(8-6-10)15-12(17)4-2/h5-9H,3-4H2,1-2H3,(H,15,17)(H,16,18)/b14-9+. The third-order valence-electron chi connectivity index (χ3n) is 2.19. The summed E-state index contributed by atoms with van der Waals surface area (Å²) in [6.45, 7) is 3.71. The molecule has 0 aliphatic heterocycles. The molecule has 2 amide bonds. The van der Waals surface area contributed by atoms with E-state index in [4.69, 9.17) is 0 Å². The fraction of sp³-hybridized carbons (Fsp3) is 0.308. The van der Waals surface area contributed by atoms with Crippen LogP contribution in [0.1, 0.15) is 37.0 Å². The van der Waals surface area contributed by atoms with Crippen LogP contribution in [0.2, 0.25) is 0 Å². The fourth-order valence-electron chi connectivity index (χ4n) is 1.21. The molecule has 0 aromatic heterocycles. The summed E-state index contributed by atoms with van der Waals surface area (Å²) in [6, 6.07) is 6.65. The van der Waals surface area contributed by atoms with E-state index in [1.165, 1.54) is 0 Å². The molecule has 0 saturated carbocycles. The van der Waals surface area contributed by atoms with Crippen molar-refractivity contribution in [2.75, 3.05) is 5.32 Å². The van der Waals surface area contributed by atoms with Crippen LogP contribution in [0.15, 0.2) is 29.4 Å². The highest BCUT2D eigenvalue weighted by molar-refractivity contribution is 5.95. The van der Waals surface area contributed by atoms with Crippen molar-refractivity contribution in [1.82, 2.24) is 5.43 Å². The lowest BCUT2D eigenvalue weighted by Crippen LogP contribution is -2.17. The molecule has 2 N–H and O–H groups in total. The summed E-state index contributed by atoms with van der Waals surface area (Å²) in [5, 5.41) is 6.47. The van der Waals surface area contributed by atoms with Gasteiger partial charge in [-0.3, -0.25) is 9.59 Å². The highest BCUT2D eigenvalue weighted by Gasteiger charge is 2.04. The van der Waals surface area contributed by atoms with Crippen LogP contribution in [0.25, 0.3) is 0 Å². The summed E-state index contributed by atoms with van der Waals surface area (Å²) in [6.07, 6.45) is 2.81. The average Bonchev–Trinajstić information content (AvgIpc) is 2.39. The number of nitrogens with zero attached hydrogens (tertiary/aromatic N) is 1. The highest BCUT2D eigenvalue weighted by atomic mass is 16.2. The van der Waals surface area contributed by atoms with Crippen molar-refractivity contribution in [2.24, 2.45) is 5.10 Å². The topological polar surface area (TPSA) is 70.6 Å². The van der Waals surface area contributed by atoms with Crippen molar-refractivity contribution in [2.45, 2.75) is 26.7 Å². The van der Waals surface area contributed by atoms with E-state index in [-0.39, 0.29) is 11.8 Å². The van der Waals surface area contributed by atoms with Gasteiger partial charge in [-0.15, -0.1) is 0 Å². The van der Waals surface area contributed by atoms with Crippen molar-refractivity contribution < 1.29 is 9.59 Å². The van der Waals surface area contributed by atoms with Gasteiger partial charge in [-0.25, -0.2) is 5.43 Å². The monoisotopic (exact) mass is 247 g/mol. The lowest BCUT2D eigenvalue weighted by atomic mass is 10.2. The molecular formula is C13H17N3O2. The molecule has 0 bridgehead atoms. The van der Waals surface area contributed by atoms with Crippen molar-refractivity contribution in [3.8, 4) is 0 Å². The second-order valence-corrected chi connectivity index (χ2v) is 3.64. The Labute approximate surface area is 106 Å². The molecule has 1 aromatic carbocycles. The Morgan fingerprint density at radius 2 is 1.89 bits per heavy atom. The van der Waals surface area contributed by atoms with Gasteiger partial charge in [-0.05, 0) is 30.7 Å². The number of carbonyl (C=O) groups is 2. The van der Waals surface area contributed by atoms with Gasteiger partial charge < -0.3 is 5.32 Å². The minimum atomic E-state index is -0.270. The van der Waals surface area contributed by atoms with Crippen molar-refractivity contribution in [3.63, 3.8) is 0 Å². The number of anilines is 1. The van der Waals surface area contributed by atoms with Crippen LogP contribution >= 0.6 is 0 Å².